The van der Waals surface area contributed by atoms with Crippen LogP contribution in [0.5, 0.6) is 0 Å². The molecule has 4 aromatic rings. The number of benzene rings is 4. The zero-order chi connectivity index (χ0) is 29.0. The third-order valence-corrected chi connectivity index (χ3v) is 27.8. The van der Waals surface area contributed by atoms with Crippen molar-refractivity contribution < 1.29 is 17.4 Å². The van der Waals surface area contributed by atoms with E-state index < -0.39 is 17.4 Å². The van der Waals surface area contributed by atoms with Crippen molar-refractivity contribution in [1.82, 2.24) is 0 Å². The minimum Gasteiger partial charge on any atom is -0.147 e. The van der Waals surface area contributed by atoms with Crippen molar-refractivity contribution in [1.29, 1.82) is 0 Å². The molecule has 43 heavy (non-hydrogen) atoms. The van der Waals surface area contributed by atoms with E-state index in [2.05, 4.69) is 141 Å². The Morgan fingerprint density at radius 3 is 1.47 bits per heavy atom. The van der Waals surface area contributed by atoms with Crippen molar-refractivity contribution in [2.24, 2.45) is 0 Å². The first kappa shape index (κ1) is 33.9. The van der Waals surface area contributed by atoms with Gasteiger partial charge in [-0.2, -0.15) is 0 Å². The first-order valence-corrected chi connectivity index (χ1v) is 29.2. The molecule has 2 aliphatic rings. The van der Waals surface area contributed by atoms with Crippen LogP contribution in [0.4, 0.5) is 0 Å². The average molecular weight is 705 g/mol. The molecule has 0 radical (unpaired) electrons. The van der Waals surface area contributed by atoms with Gasteiger partial charge in [-0.05, 0) is 0 Å². The minimum absolute atomic E-state index is 0. The summed E-state index contributed by atoms with van der Waals surface area (Å²) >= 11 is -3.56. The predicted octanol–water partition coefficient (Wildman–Crippen LogP) is 11.3. The summed E-state index contributed by atoms with van der Waals surface area (Å²) in [7, 11) is 0. The number of halogens is 2. The van der Waals surface area contributed by atoms with E-state index in [0.29, 0.717) is 7.25 Å². The third kappa shape index (κ3) is 5.79. The summed E-state index contributed by atoms with van der Waals surface area (Å²) in [6, 6.07) is 32.7. The van der Waals surface area contributed by atoms with Crippen LogP contribution in [0, 0.1) is 0 Å². The molecule has 0 spiro atoms. The molecule has 2 atom stereocenters. The van der Waals surface area contributed by atoms with Gasteiger partial charge in [-0.25, -0.2) is 0 Å². The van der Waals surface area contributed by atoms with E-state index in [4.69, 9.17) is 0 Å². The Bertz CT molecular complexity index is 1770. The maximum Gasteiger partial charge on any atom is -0.147 e. The zero-order valence-corrected chi connectivity index (χ0v) is 32.0. The van der Waals surface area contributed by atoms with E-state index >= 15 is 0 Å². The fourth-order valence-electron chi connectivity index (χ4n) is 8.21. The number of hydrogen-bond acceptors (Lipinski definition) is 0. The topological polar surface area (TPSA) is 0 Å². The minimum atomic E-state index is -3.56. The molecule has 0 heterocycles. The van der Waals surface area contributed by atoms with Gasteiger partial charge in [0.1, 0.15) is 0 Å². The van der Waals surface area contributed by atoms with Crippen molar-refractivity contribution in [3.05, 3.63) is 129 Å². The van der Waals surface area contributed by atoms with Gasteiger partial charge in [0.25, 0.3) is 0 Å². The van der Waals surface area contributed by atoms with Gasteiger partial charge in [0.2, 0.25) is 0 Å². The van der Waals surface area contributed by atoms with Gasteiger partial charge in [0, 0.05) is 0 Å². The fraction of sp³-hybridized carbons (Fsp3) is 0.282. The van der Waals surface area contributed by atoms with E-state index in [1.54, 1.807) is 22.3 Å². The van der Waals surface area contributed by atoms with Gasteiger partial charge in [0.05, 0.1) is 0 Å². The maximum atomic E-state index is 2.76. The molecule has 2 unspecified atom stereocenters. The van der Waals surface area contributed by atoms with Gasteiger partial charge in [-0.3, -0.25) is 0 Å². The van der Waals surface area contributed by atoms with Crippen molar-refractivity contribution in [2.75, 3.05) is 0 Å². The summed E-state index contributed by atoms with van der Waals surface area (Å²) in [5.41, 5.74) is 17.6. The molecule has 224 valence electrons. The summed E-state index contributed by atoms with van der Waals surface area (Å²) in [4.78, 5) is 0. The standard InChI is InChI=1S/C19H19.C18H17.2CH3.2ClH.H2Si.Zr/c1-3-14-8-10-16(11-9-14)18-7-5-6-17-12-15(4-2)13-19(17)18;1-3-14-7-9-15(10-8-14)17-6-4-5-16-11-13(2)12-18(16)17;;;;;;/h5-13H,3-4H2,1-2H3;4-12H,3H2,1-2H3;2*1H3;2*1H;1H2;. The molecule has 0 bridgehead atoms. The van der Waals surface area contributed by atoms with Crippen LogP contribution in [0.25, 0.3) is 34.4 Å². The summed E-state index contributed by atoms with van der Waals surface area (Å²) < 4.78 is 6.60. The smallest absolute Gasteiger partial charge is 0.147 e. The Labute approximate surface area is 274 Å². The molecule has 4 heteroatoms. The Kier molecular flexibility index (Phi) is 10.1. The van der Waals surface area contributed by atoms with Crippen LogP contribution in [0.15, 0.2) is 96.1 Å². The first-order chi connectivity index (χ1) is 19.6. The predicted molar refractivity (Wildman–Crippen MR) is 195 cm³/mol. The van der Waals surface area contributed by atoms with E-state index in [-0.39, 0.29) is 24.8 Å². The van der Waals surface area contributed by atoms with Crippen molar-refractivity contribution >= 4 is 43.8 Å². The Morgan fingerprint density at radius 1 is 0.581 bits per heavy atom. The quantitative estimate of drug-likeness (QED) is 0.168. The molecular weight excluding hydrogens is 659 g/mol. The SMILES string of the molecule is CCC1=Cc2c(-c3ccc(CC)cc3)cccc2[CH]1[Zr]([CH3])([CH3])(=[SiH2])[CH]1C(C)=Cc2c(-c3ccc(CC)cc3)cccc21.Cl.Cl. The van der Waals surface area contributed by atoms with Crippen LogP contribution in [-0.4, -0.2) is 6.88 Å². The van der Waals surface area contributed by atoms with Crippen molar-refractivity contribution in [3.63, 3.8) is 0 Å². The molecule has 2 aliphatic carbocycles. The summed E-state index contributed by atoms with van der Waals surface area (Å²) in [5.74, 6) is 0. The number of aryl methyl sites for hydroxylation is 2. The second kappa shape index (κ2) is 12.8. The van der Waals surface area contributed by atoms with Gasteiger partial charge in [0.15, 0.2) is 0 Å². The first-order valence-electron chi connectivity index (χ1n) is 15.6. The van der Waals surface area contributed by atoms with E-state index in [9.17, 15) is 0 Å². The summed E-state index contributed by atoms with van der Waals surface area (Å²) in [6.07, 6.45) is 8.39. The van der Waals surface area contributed by atoms with E-state index in [1.807, 2.05) is 0 Å². The summed E-state index contributed by atoms with van der Waals surface area (Å²) in [5, 5.41) is 0. The zero-order valence-electron chi connectivity index (χ0n) is 26.5. The molecule has 0 saturated heterocycles. The Hall–Kier alpha value is -1.96. The number of fused-ring (bicyclic) bond motifs is 2. The third-order valence-electron chi connectivity index (χ3n) is 10.1. The van der Waals surface area contributed by atoms with Crippen LogP contribution in [0.2, 0.25) is 9.26 Å². The molecule has 0 nitrogen and oxygen atoms in total. The number of hydrogen-bond donors (Lipinski definition) is 0. The van der Waals surface area contributed by atoms with Crippen LogP contribution in [0.3, 0.4) is 0 Å². The largest absolute Gasteiger partial charge is 0.147 e. The van der Waals surface area contributed by atoms with Crippen LogP contribution in [0.1, 0.15) is 74.7 Å². The fourth-order valence-corrected chi connectivity index (χ4v) is 28.9. The maximum absolute atomic E-state index is 3.56. The summed E-state index contributed by atoms with van der Waals surface area (Å²) in [6.45, 7) is 11.7. The van der Waals surface area contributed by atoms with Crippen LogP contribution >= 0.6 is 24.8 Å². The molecule has 0 N–H and O–H groups in total. The Morgan fingerprint density at radius 2 is 1.02 bits per heavy atom. The molecule has 0 amide bonds. The van der Waals surface area contributed by atoms with Crippen molar-refractivity contribution in [3.8, 4) is 22.3 Å². The van der Waals surface area contributed by atoms with Gasteiger partial charge in [-0.1, -0.05) is 0 Å². The normalized spacial score (nSPS) is 17.3. The van der Waals surface area contributed by atoms with Gasteiger partial charge >= 0.3 is 252 Å². The number of rotatable bonds is 7. The molecule has 6 rings (SSSR count). The second-order valence-corrected chi connectivity index (χ2v) is 44.0. The molecule has 4 aromatic carbocycles. The van der Waals surface area contributed by atoms with E-state index in [1.165, 1.54) is 44.5 Å². The van der Waals surface area contributed by atoms with Gasteiger partial charge < -0.3 is 0 Å². The average Bonchev–Trinajstić information content (AvgIpc) is 3.55. The monoisotopic (exact) mass is 702 g/mol. The van der Waals surface area contributed by atoms with Crippen molar-refractivity contribution in [2.45, 2.75) is 63.5 Å². The van der Waals surface area contributed by atoms with E-state index in [0.717, 1.165) is 19.3 Å². The van der Waals surface area contributed by atoms with Gasteiger partial charge in [-0.15, -0.1) is 24.8 Å². The number of allylic oxidation sites excluding steroid dienone is 2. The molecular formula is C39H46Cl2SiZr. The molecule has 0 aliphatic heterocycles. The second-order valence-electron chi connectivity index (χ2n) is 13.5. The van der Waals surface area contributed by atoms with Crippen LogP contribution in [-0.2, 0) is 30.2 Å². The molecule has 0 fully saturated rings. The molecule has 0 aromatic heterocycles. The Balaban J connectivity index is 0.00000212. The van der Waals surface area contributed by atoms with Crippen LogP contribution < -0.4 is 0 Å². The molecule has 0 saturated carbocycles.